The van der Waals surface area contributed by atoms with E-state index >= 15 is 0 Å². The second-order valence-corrected chi connectivity index (χ2v) is 6.98. The molecule has 0 unspecified atom stereocenters. The number of anilines is 1. The summed E-state index contributed by atoms with van der Waals surface area (Å²) in [5.41, 5.74) is 4.13. The molecule has 2 atom stereocenters. The first-order valence-corrected chi connectivity index (χ1v) is 9.79. The third kappa shape index (κ3) is 6.40. The number of hydrogen-bond acceptors (Lipinski definition) is 5. The van der Waals surface area contributed by atoms with Crippen LogP contribution in [0.1, 0.15) is 43.5 Å². The smallest absolute Gasteiger partial charge is 0.268 e. The quantitative estimate of drug-likeness (QED) is 0.319. The summed E-state index contributed by atoms with van der Waals surface area (Å²) in [7, 11) is 0. The predicted octanol–water partition coefficient (Wildman–Crippen LogP) is 2.47. The van der Waals surface area contributed by atoms with Crippen LogP contribution >= 0.6 is 0 Å². The topological polar surface area (TPSA) is 128 Å². The Balaban J connectivity index is 2.10. The van der Waals surface area contributed by atoms with E-state index < -0.39 is 24.0 Å². The Hall–Kier alpha value is -3.23. The maximum Gasteiger partial charge on any atom is 0.268 e. The van der Waals surface area contributed by atoms with Crippen LogP contribution in [0.5, 0.6) is 0 Å². The third-order valence-corrected chi connectivity index (χ3v) is 4.55. The van der Waals surface area contributed by atoms with Crippen molar-refractivity contribution in [3.63, 3.8) is 0 Å². The van der Waals surface area contributed by atoms with E-state index in [1.54, 1.807) is 24.3 Å². The Kier molecular flexibility index (Phi) is 8.52. The molecule has 2 rings (SSSR count). The number of benzene rings is 2. The van der Waals surface area contributed by atoms with Gasteiger partial charge in [0.2, 0.25) is 5.91 Å². The lowest BCUT2D eigenvalue weighted by Crippen LogP contribution is -2.51. The van der Waals surface area contributed by atoms with E-state index in [0.717, 1.165) is 24.0 Å². The SMILES string of the molecule is CCCCC(=O)Nc1cccc(-c2ccc(C(=O)N[C@H](C(=O)NO)[C@@H](C)O)cc2)c1. The van der Waals surface area contributed by atoms with Crippen LogP contribution in [0.3, 0.4) is 0 Å². The highest BCUT2D eigenvalue weighted by Crippen LogP contribution is 2.23. The van der Waals surface area contributed by atoms with Crippen molar-refractivity contribution in [2.75, 3.05) is 5.32 Å². The van der Waals surface area contributed by atoms with Gasteiger partial charge in [-0.1, -0.05) is 37.6 Å². The minimum Gasteiger partial charge on any atom is -0.391 e. The highest BCUT2D eigenvalue weighted by atomic mass is 16.5. The van der Waals surface area contributed by atoms with Gasteiger partial charge >= 0.3 is 0 Å². The van der Waals surface area contributed by atoms with Gasteiger partial charge in [-0.15, -0.1) is 0 Å². The Morgan fingerprint density at radius 3 is 2.33 bits per heavy atom. The van der Waals surface area contributed by atoms with Crippen LogP contribution in [0.15, 0.2) is 48.5 Å². The minimum atomic E-state index is -1.28. The molecule has 0 aliphatic rings. The van der Waals surface area contributed by atoms with Crippen LogP contribution in [0.25, 0.3) is 11.1 Å². The first kappa shape index (κ1) is 23.1. The van der Waals surface area contributed by atoms with Crippen molar-refractivity contribution in [1.82, 2.24) is 10.8 Å². The van der Waals surface area contributed by atoms with E-state index in [4.69, 9.17) is 5.21 Å². The van der Waals surface area contributed by atoms with Crippen LogP contribution in [0.4, 0.5) is 5.69 Å². The number of carbonyl (C=O) groups excluding carboxylic acids is 3. The van der Waals surface area contributed by atoms with Crippen LogP contribution in [-0.2, 0) is 9.59 Å². The molecule has 0 aliphatic heterocycles. The summed E-state index contributed by atoms with van der Waals surface area (Å²) in [6, 6.07) is 12.8. The molecule has 8 heteroatoms. The van der Waals surface area contributed by atoms with Crippen LogP contribution in [0.2, 0.25) is 0 Å². The highest BCUT2D eigenvalue weighted by molar-refractivity contribution is 5.98. The Labute approximate surface area is 175 Å². The molecule has 0 saturated carbocycles. The molecule has 0 bridgehead atoms. The fourth-order valence-electron chi connectivity index (χ4n) is 2.85. The number of carbonyl (C=O) groups is 3. The average Bonchev–Trinajstić information content (AvgIpc) is 2.75. The molecule has 8 nitrogen and oxygen atoms in total. The number of aliphatic hydroxyl groups excluding tert-OH is 1. The van der Waals surface area contributed by atoms with E-state index in [-0.39, 0.29) is 5.91 Å². The summed E-state index contributed by atoms with van der Waals surface area (Å²) < 4.78 is 0. The Morgan fingerprint density at radius 1 is 1.03 bits per heavy atom. The van der Waals surface area contributed by atoms with E-state index in [2.05, 4.69) is 10.6 Å². The molecule has 0 spiro atoms. The standard InChI is InChI=1S/C22H27N3O5/c1-3-4-8-19(27)23-18-7-5-6-17(13-18)15-9-11-16(12-10-15)21(28)24-20(14(2)26)22(29)25-30/h5-7,9-14,20,26,30H,3-4,8H2,1-2H3,(H,23,27)(H,24,28)(H,25,29)/t14-,20+/m1/s1. The fraction of sp³-hybridized carbons (Fsp3) is 0.318. The zero-order chi connectivity index (χ0) is 22.1. The van der Waals surface area contributed by atoms with Crippen molar-refractivity contribution in [1.29, 1.82) is 0 Å². The van der Waals surface area contributed by atoms with Crippen molar-refractivity contribution < 1.29 is 24.7 Å². The lowest BCUT2D eigenvalue weighted by molar-refractivity contribution is -0.133. The lowest BCUT2D eigenvalue weighted by atomic mass is 10.0. The Bertz CT molecular complexity index is 881. The molecular weight excluding hydrogens is 386 g/mol. The van der Waals surface area contributed by atoms with E-state index in [9.17, 15) is 19.5 Å². The molecular formula is C22H27N3O5. The summed E-state index contributed by atoms with van der Waals surface area (Å²) in [6.07, 6.45) is 1.09. The van der Waals surface area contributed by atoms with Gasteiger partial charge < -0.3 is 15.7 Å². The number of amides is 3. The molecule has 3 amide bonds. The Morgan fingerprint density at radius 2 is 1.73 bits per heavy atom. The van der Waals surface area contributed by atoms with Gasteiger partial charge in [-0.2, -0.15) is 0 Å². The van der Waals surface area contributed by atoms with Crippen LogP contribution in [0, 0.1) is 0 Å². The minimum absolute atomic E-state index is 0.0272. The summed E-state index contributed by atoms with van der Waals surface area (Å²) in [6.45, 7) is 3.36. The molecule has 2 aromatic rings. The molecule has 160 valence electrons. The molecule has 30 heavy (non-hydrogen) atoms. The molecule has 0 saturated heterocycles. The highest BCUT2D eigenvalue weighted by Gasteiger charge is 2.25. The van der Waals surface area contributed by atoms with Crippen molar-refractivity contribution in [3.8, 4) is 11.1 Å². The second kappa shape index (κ2) is 11.1. The maximum atomic E-state index is 12.4. The van der Waals surface area contributed by atoms with Crippen molar-refractivity contribution >= 4 is 23.4 Å². The average molecular weight is 413 g/mol. The monoisotopic (exact) mass is 413 g/mol. The normalized spacial score (nSPS) is 12.5. The van der Waals surface area contributed by atoms with Crippen molar-refractivity contribution in [2.24, 2.45) is 0 Å². The van der Waals surface area contributed by atoms with Gasteiger partial charge in [0.05, 0.1) is 6.10 Å². The van der Waals surface area contributed by atoms with Crippen molar-refractivity contribution in [3.05, 3.63) is 54.1 Å². The number of rotatable bonds is 9. The van der Waals surface area contributed by atoms with Gasteiger partial charge in [0.25, 0.3) is 11.8 Å². The second-order valence-electron chi connectivity index (χ2n) is 6.98. The van der Waals surface area contributed by atoms with E-state index in [0.29, 0.717) is 17.7 Å². The van der Waals surface area contributed by atoms with Gasteiger partial charge in [-0.3, -0.25) is 19.6 Å². The molecule has 0 aliphatic carbocycles. The van der Waals surface area contributed by atoms with Crippen molar-refractivity contribution in [2.45, 2.75) is 45.3 Å². The van der Waals surface area contributed by atoms with Gasteiger partial charge in [-0.25, -0.2) is 5.48 Å². The number of hydroxylamine groups is 1. The molecule has 2 aromatic carbocycles. The first-order valence-electron chi connectivity index (χ1n) is 9.79. The summed E-state index contributed by atoms with van der Waals surface area (Å²) >= 11 is 0. The molecule has 0 heterocycles. The lowest BCUT2D eigenvalue weighted by Gasteiger charge is -2.19. The van der Waals surface area contributed by atoms with E-state index in [1.165, 1.54) is 12.4 Å². The van der Waals surface area contributed by atoms with Crippen LogP contribution < -0.4 is 16.1 Å². The number of hydrogen-bond donors (Lipinski definition) is 5. The molecule has 0 fully saturated rings. The van der Waals surface area contributed by atoms with Crippen LogP contribution in [-0.4, -0.2) is 40.2 Å². The first-order chi connectivity index (χ1) is 14.3. The largest absolute Gasteiger partial charge is 0.391 e. The zero-order valence-corrected chi connectivity index (χ0v) is 17.0. The predicted molar refractivity (Wildman–Crippen MR) is 113 cm³/mol. The van der Waals surface area contributed by atoms with Gasteiger partial charge in [0, 0.05) is 17.7 Å². The zero-order valence-electron chi connectivity index (χ0n) is 17.0. The van der Waals surface area contributed by atoms with E-state index in [1.807, 2.05) is 31.2 Å². The van der Waals surface area contributed by atoms with Gasteiger partial charge in [-0.05, 0) is 48.7 Å². The van der Waals surface area contributed by atoms with Gasteiger partial charge in [0.15, 0.2) is 0 Å². The summed E-state index contributed by atoms with van der Waals surface area (Å²) in [5, 5.41) is 23.6. The fourth-order valence-corrected chi connectivity index (χ4v) is 2.85. The van der Waals surface area contributed by atoms with Gasteiger partial charge in [0.1, 0.15) is 6.04 Å². The maximum absolute atomic E-state index is 12.4. The molecule has 0 radical (unpaired) electrons. The molecule has 0 aromatic heterocycles. The number of unbranched alkanes of at least 4 members (excludes halogenated alkanes) is 1. The third-order valence-electron chi connectivity index (χ3n) is 4.55. The number of nitrogens with one attached hydrogen (secondary N) is 3. The molecule has 5 N–H and O–H groups in total. The summed E-state index contributed by atoms with van der Waals surface area (Å²) in [4.78, 5) is 35.8. The number of aliphatic hydroxyl groups is 1. The summed E-state index contributed by atoms with van der Waals surface area (Å²) in [5.74, 6) is -1.50.